The molecule has 7 rings (SSSR count). The first kappa shape index (κ1) is 23.3. The maximum Gasteiger partial charge on any atom is 0.339 e. The number of benzene rings is 2. The summed E-state index contributed by atoms with van der Waals surface area (Å²) < 4.78 is 6.34. The van der Waals surface area contributed by atoms with E-state index in [1.807, 2.05) is 6.92 Å². The van der Waals surface area contributed by atoms with E-state index in [-0.39, 0.29) is 16.1 Å². The maximum absolute atomic E-state index is 13.2. The highest BCUT2D eigenvalue weighted by Crippen LogP contribution is 2.60. The van der Waals surface area contributed by atoms with Crippen LogP contribution in [0.15, 0.2) is 52.3 Å². The molecule has 4 aliphatic rings. The Morgan fingerprint density at radius 3 is 2.33 bits per heavy atom. The lowest BCUT2D eigenvalue weighted by molar-refractivity contribution is -0.00518. The zero-order valence-electron chi connectivity index (χ0n) is 20.6. The normalized spacial score (nSPS) is 26.6. The van der Waals surface area contributed by atoms with Crippen LogP contribution in [0, 0.1) is 24.7 Å². The lowest BCUT2D eigenvalue weighted by Gasteiger charge is -2.57. The van der Waals surface area contributed by atoms with Gasteiger partial charge in [0.2, 0.25) is 0 Å². The van der Waals surface area contributed by atoms with Crippen molar-refractivity contribution in [1.29, 1.82) is 0 Å². The number of methoxy groups -OCH3 is 1. The largest absolute Gasteiger partial charge is 0.465 e. The first-order valence-electron chi connectivity index (χ1n) is 12.7. The van der Waals surface area contributed by atoms with Gasteiger partial charge in [0, 0.05) is 11.9 Å². The predicted octanol–water partition coefficient (Wildman–Crippen LogP) is 6.13. The Morgan fingerprint density at radius 2 is 1.72 bits per heavy atom. The number of carbonyl (C=O) groups is 1. The molecule has 36 heavy (non-hydrogen) atoms. The van der Waals surface area contributed by atoms with Gasteiger partial charge >= 0.3 is 5.97 Å². The Morgan fingerprint density at radius 1 is 1.08 bits per heavy atom. The molecular formula is C29H30ClN3O3. The molecule has 4 bridgehead atoms. The number of esters is 1. The third kappa shape index (κ3) is 3.92. The zero-order chi connectivity index (χ0) is 25.0. The van der Waals surface area contributed by atoms with Crippen molar-refractivity contribution < 1.29 is 9.53 Å². The molecule has 4 fully saturated rings. The molecule has 4 saturated carbocycles. The first-order valence-corrected chi connectivity index (χ1v) is 13.1. The Kier molecular flexibility index (Phi) is 5.67. The molecule has 1 aromatic heterocycles. The summed E-state index contributed by atoms with van der Waals surface area (Å²) in [5.74, 6) is 2.16. The Hall–Kier alpha value is -3.12. The summed E-state index contributed by atoms with van der Waals surface area (Å²) in [6.45, 7) is 1.85. The van der Waals surface area contributed by atoms with Gasteiger partial charge < -0.3 is 4.74 Å². The number of aryl methyl sites for hydroxylation is 1. The standard InChI is InChI=1S/C29H30ClN3O3/c1-17-25(16-31-22-5-8-26(30)24(12-22)28(35)36-2)27(34)33(32-17)23-6-3-21(4-7-23)29-13-18-9-19(14-29)11-20(10-18)15-29/h3-8,12,16,18-20,32H,9-11,13-15H2,1-2H3. The minimum Gasteiger partial charge on any atom is -0.465 e. The molecule has 3 aromatic rings. The van der Waals surface area contributed by atoms with Gasteiger partial charge in [-0.25, -0.2) is 9.48 Å². The predicted molar refractivity (Wildman–Crippen MR) is 141 cm³/mol. The molecule has 7 heteroatoms. The fourth-order valence-corrected chi connectivity index (χ4v) is 7.52. The van der Waals surface area contributed by atoms with Crippen LogP contribution in [0.25, 0.3) is 5.69 Å². The van der Waals surface area contributed by atoms with E-state index >= 15 is 0 Å². The second kappa shape index (κ2) is 8.77. The van der Waals surface area contributed by atoms with Crippen LogP contribution in [0.2, 0.25) is 5.02 Å². The van der Waals surface area contributed by atoms with E-state index in [9.17, 15) is 9.59 Å². The number of carbonyl (C=O) groups excluding carboxylic acids is 1. The van der Waals surface area contributed by atoms with Crippen LogP contribution >= 0.6 is 11.6 Å². The Labute approximate surface area is 215 Å². The number of halogens is 1. The average molecular weight is 504 g/mol. The molecule has 1 N–H and O–H groups in total. The molecule has 0 atom stereocenters. The molecule has 0 saturated heterocycles. The van der Waals surface area contributed by atoms with Gasteiger partial charge in [-0.05, 0) is 105 Å². The number of ether oxygens (including phenoxy) is 1. The molecule has 0 spiro atoms. The number of aromatic nitrogens is 2. The van der Waals surface area contributed by atoms with Gasteiger partial charge in [-0.15, -0.1) is 0 Å². The van der Waals surface area contributed by atoms with Crippen molar-refractivity contribution in [3.63, 3.8) is 0 Å². The summed E-state index contributed by atoms with van der Waals surface area (Å²) in [5, 5.41) is 3.48. The van der Waals surface area contributed by atoms with E-state index in [2.05, 4.69) is 34.4 Å². The van der Waals surface area contributed by atoms with Crippen LogP contribution in [0.5, 0.6) is 0 Å². The smallest absolute Gasteiger partial charge is 0.339 e. The summed E-state index contributed by atoms with van der Waals surface area (Å²) in [7, 11) is 1.30. The molecular weight excluding hydrogens is 474 g/mol. The molecule has 1 heterocycles. The molecule has 2 aromatic carbocycles. The highest BCUT2D eigenvalue weighted by Gasteiger charge is 2.51. The van der Waals surface area contributed by atoms with Gasteiger partial charge in [-0.2, -0.15) is 0 Å². The van der Waals surface area contributed by atoms with Crippen molar-refractivity contribution >= 4 is 29.5 Å². The Bertz CT molecular complexity index is 1380. The second-order valence-corrected chi connectivity index (χ2v) is 11.4. The SMILES string of the molecule is COC(=O)c1cc(N=Cc2c(C)[nH]n(-c3ccc(C45CC6CC(CC(C6)C4)C5)cc3)c2=O)ccc1Cl. The van der Waals surface area contributed by atoms with Crippen molar-refractivity contribution in [2.75, 3.05) is 7.11 Å². The number of aliphatic imine (C=N–C) groups is 1. The first-order chi connectivity index (χ1) is 17.3. The summed E-state index contributed by atoms with van der Waals surface area (Å²) in [6.07, 6.45) is 9.78. The molecule has 6 nitrogen and oxygen atoms in total. The van der Waals surface area contributed by atoms with Crippen molar-refractivity contribution in [1.82, 2.24) is 9.78 Å². The third-order valence-corrected chi connectivity index (χ3v) is 8.92. The molecule has 0 amide bonds. The summed E-state index contributed by atoms with van der Waals surface area (Å²) in [5.41, 5.74) is 4.35. The molecule has 4 aliphatic carbocycles. The number of nitrogens with zero attached hydrogens (tertiary/aromatic N) is 2. The molecule has 186 valence electrons. The number of H-pyrrole nitrogens is 1. The van der Waals surface area contributed by atoms with Crippen LogP contribution < -0.4 is 5.56 Å². The van der Waals surface area contributed by atoms with E-state index in [0.717, 1.165) is 29.1 Å². The minimum absolute atomic E-state index is 0.166. The summed E-state index contributed by atoms with van der Waals surface area (Å²) in [4.78, 5) is 29.6. The van der Waals surface area contributed by atoms with Gasteiger partial charge in [-0.1, -0.05) is 23.7 Å². The van der Waals surface area contributed by atoms with Crippen molar-refractivity contribution in [3.8, 4) is 5.69 Å². The lowest BCUT2D eigenvalue weighted by atomic mass is 9.48. The third-order valence-electron chi connectivity index (χ3n) is 8.59. The second-order valence-electron chi connectivity index (χ2n) is 10.9. The van der Waals surface area contributed by atoms with E-state index in [1.165, 1.54) is 57.4 Å². The number of nitrogens with one attached hydrogen (secondary N) is 1. The van der Waals surface area contributed by atoms with Gasteiger partial charge in [-0.3, -0.25) is 14.9 Å². The van der Waals surface area contributed by atoms with Crippen LogP contribution in [-0.4, -0.2) is 29.1 Å². The van der Waals surface area contributed by atoms with Gasteiger partial charge in [0.25, 0.3) is 5.56 Å². The Balaban J connectivity index is 1.26. The van der Waals surface area contributed by atoms with E-state index in [4.69, 9.17) is 16.3 Å². The van der Waals surface area contributed by atoms with Crippen LogP contribution in [0.4, 0.5) is 5.69 Å². The molecule has 0 aliphatic heterocycles. The van der Waals surface area contributed by atoms with Gasteiger partial charge in [0.1, 0.15) is 0 Å². The van der Waals surface area contributed by atoms with Crippen LogP contribution in [0.1, 0.15) is 65.7 Å². The fourth-order valence-electron chi connectivity index (χ4n) is 7.32. The van der Waals surface area contributed by atoms with E-state index in [1.54, 1.807) is 22.9 Å². The van der Waals surface area contributed by atoms with Crippen molar-refractivity contribution in [2.24, 2.45) is 22.7 Å². The van der Waals surface area contributed by atoms with Crippen LogP contribution in [-0.2, 0) is 10.2 Å². The highest BCUT2D eigenvalue weighted by atomic mass is 35.5. The lowest BCUT2D eigenvalue weighted by Crippen LogP contribution is -2.48. The molecule has 0 unspecified atom stereocenters. The molecule has 0 radical (unpaired) electrons. The van der Waals surface area contributed by atoms with Crippen LogP contribution in [0.3, 0.4) is 0 Å². The number of rotatable bonds is 5. The van der Waals surface area contributed by atoms with Crippen molar-refractivity contribution in [3.05, 3.63) is 80.2 Å². The minimum atomic E-state index is -0.533. The average Bonchev–Trinajstić information content (AvgIpc) is 3.15. The summed E-state index contributed by atoms with van der Waals surface area (Å²) in [6, 6.07) is 13.4. The number of hydrogen-bond acceptors (Lipinski definition) is 4. The zero-order valence-corrected chi connectivity index (χ0v) is 21.3. The van der Waals surface area contributed by atoms with E-state index in [0.29, 0.717) is 16.7 Å². The summed E-state index contributed by atoms with van der Waals surface area (Å²) >= 11 is 6.10. The monoisotopic (exact) mass is 503 g/mol. The maximum atomic E-state index is 13.2. The fraction of sp³-hybridized carbons (Fsp3) is 0.414. The highest BCUT2D eigenvalue weighted by molar-refractivity contribution is 6.33. The van der Waals surface area contributed by atoms with Gasteiger partial charge in [0.05, 0.1) is 34.6 Å². The topological polar surface area (TPSA) is 76.4 Å². The number of aromatic amines is 1. The number of hydrogen-bond donors (Lipinski definition) is 1. The quantitative estimate of drug-likeness (QED) is 0.336. The van der Waals surface area contributed by atoms with Crippen molar-refractivity contribution in [2.45, 2.75) is 50.9 Å². The van der Waals surface area contributed by atoms with E-state index < -0.39 is 5.97 Å². The van der Waals surface area contributed by atoms with Gasteiger partial charge in [0.15, 0.2) is 0 Å².